The van der Waals surface area contributed by atoms with Crippen LogP contribution in [0.5, 0.6) is 0 Å². The minimum absolute atomic E-state index is 0.00524. The van der Waals surface area contributed by atoms with Gasteiger partial charge in [-0.2, -0.15) is 0 Å². The molecule has 1 atom stereocenters. The Kier molecular flexibility index (Phi) is 9.24. The number of aromatic nitrogens is 3. The predicted molar refractivity (Wildman–Crippen MR) is 143 cm³/mol. The zero-order valence-corrected chi connectivity index (χ0v) is 22.1. The maximum atomic E-state index is 14.0. The average Bonchev–Trinajstić information content (AvgIpc) is 3.30. The lowest BCUT2D eigenvalue weighted by Crippen LogP contribution is -2.49. The van der Waals surface area contributed by atoms with Gasteiger partial charge in [-0.3, -0.25) is 14.5 Å². The third-order valence-electron chi connectivity index (χ3n) is 6.85. The summed E-state index contributed by atoms with van der Waals surface area (Å²) in [5, 5.41) is 11.5. The van der Waals surface area contributed by atoms with Gasteiger partial charge in [0.05, 0.1) is 18.7 Å². The molecule has 0 bridgehead atoms. The van der Waals surface area contributed by atoms with Crippen molar-refractivity contribution in [2.24, 2.45) is 5.92 Å². The van der Waals surface area contributed by atoms with Gasteiger partial charge in [0, 0.05) is 32.7 Å². The molecule has 1 aliphatic heterocycles. The number of benzene rings is 2. The summed E-state index contributed by atoms with van der Waals surface area (Å²) in [4.78, 5) is 31.7. The first kappa shape index (κ1) is 26.8. The third kappa shape index (κ3) is 6.93. The number of amides is 2. The van der Waals surface area contributed by atoms with Crippen LogP contribution in [0.2, 0.25) is 0 Å². The highest BCUT2D eigenvalue weighted by Crippen LogP contribution is 2.25. The minimum Gasteiger partial charge on any atom is -0.379 e. The molecule has 0 radical (unpaired) electrons. The molecule has 2 aromatic carbocycles. The molecule has 1 aromatic heterocycles. The van der Waals surface area contributed by atoms with E-state index in [0.29, 0.717) is 38.8 Å². The van der Waals surface area contributed by atoms with E-state index >= 15 is 0 Å². The van der Waals surface area contributed by atoms with Crippen molar-refractivity contribution in [1.29, 1.82) is 0 Å². The van der Waals surface area contributed by atoms with Crippen LogP contribution >= 0.6 is 0 Å². The Balaban J connectivity index is 1.64. The number of hydrogen-bond donors (Lipinski definition) is 1. The number of nitrogens with one attached hydrogen (secondary N) is 1. The number of ether oxygens (including phenoxy) is 1. The third-order valence-corrected chi connectivity index (χ3v) is 6.85. The molecule has 1 unspecified atom stereocenters. The molecule has 37 heavy (non-hydrogen) atoms. The first-order valence-electron chi connectivity index (χ1n) is 13.1. The fourth-order valence-corrected chi connectivity index (χ4v) is 4.65. The van der Waals surface area contributed by atoms with Crippen molar-refractivity contribution in [2.75, 3.05) is 45.9 Å². The van der Waals surface area contributed by atoms with Gasteiger partial charge in [-0.1, -0.05) is 55.5 Å². The van der Waals surface area contributed by atoms with Crippen LogP contribution in [0.4, 0.5) is 0 Å². The van der Waals surface area contributed by atoms with Crippen LogP contribution in [-0.4, -0.2) is 82.5 Å². The summed E-state index contributed by atoms with van der Waals surface area (Å²) in [5.41, 5.74) is 3.33. The van der Waals surface area contributed by atoms with Crippen LogP contribution in [-0.2, 0) is 20.9 Å². The Labute approximate surface area is 218 Å². The van der Waals surface area contributed by atoms with E-state index in [1.165, 1.54) is 0 Å². The van der Waals surface area contributed by atoms with Gasteiger partial charge in [-0.05, 0) is 42.5 Å². The number of morpholine rings is 1. The lowest BCUT2D eigenvalue weighted by molar-refractivity contribution is -0.142. The number of carbonyl (C=O) groups is 2. The molecule has 1 aliphatic rings. The lowest BCUT2D eigenvalue weighted by Gasteiger charge is -2.35. The fourth-order valence-electron chi connectivity index (χ4n) is 4.65. The summed E-state index contributed by atoms with van der Waals surface area (Å²) in [6.45, 7) is 10.9. The predicted octanol–water partition coefficient (Wildman–Crippen LogP) is 2.80. The van der Waals surface area contributed by atoms with E-state index in [9.17, 15) is 9.59 Å². The van der Waals surface area contributed by atoms with Crippen molar-refractivity contribution in [1.82, 2.24) is 30.1 Å². The fraction of sp³-hybridized carbons (Fsp3) is 0.500. The first-order valence-corrected chi connectivity index (χ1v) is 13.1. The summed E-state index contributed by atoms with van der Waals surface area (Å²) >= 11 is 0. The largest absolute Gasteiger partial charge is 0.379 e. The van der Waals surface area contributed by atoms with E-state index in [2.05, 4.69) is 34.4 Å². The van der Waals surface area contributed by atoms with Gasteiger partial charge in [-0.15, -0.1) is 5.10 Å². The van der Waals surface area contributed by atoms with Gasteiger partial charge in [0.15, 0.2) is 0 Å². The van der Waals surface area contributed by atoms with Crippen molar-refractivity contribution >= 4 is 22.8 Å². The molecule has 198 valence electrons. The van der Waals surface area contributed by atoms with Gasteiger partial charge in [0.25, 0.3) is 0 Å². The zero-order valence-electron chi connectivity index (χ0n) is 22.1. The van der Waals surface area contributed by atoms with Crippen LogP contribution in [0.25, 0.3) is 11.0 Å². The molecular weight excluding hydrogens is 468 g/mol. The SMILES string of the molecule is Cc1ccccc1C(C(=O)NCCC(C)C)N(CCN1CCOCC1)C(=O)Cn1nnc2ccccc21. The monoisotopic (exact) mass is 506 g/mol. The minimum atomic E-state index is -0.739. The van der Waals surface area contributed by atoms with Crippen molar-refractivity contribution < 1.29 is 14.3 Å². The lowest BCUT2D eigenvalue weighted by atomic mass is 9.98. The number of fused-ring (bicyclic) bond motifs is 1. The van der Waals surface area contributed by atoms with Gasteiger partial charge in [-0.25, -0.2) is 4.68 Å². The number of rotatable bonds is 11. The second kappa shape index (κ2) is 12.8. The van der Waals surface area contributed by atoms with Gasteiger partial charge < -0.3 is 15.0 Å². The highest BCUT2D eigenvalue weighted by atomic mass is 16.5. The number of nitrogens with zero attached hydrogens (tertiary/aromatic N) is 5. The molecule has 2 amide bonds. The highest BCUT2D eigenvalue weighted by molar-refractivity contribution is 5.89. The number of aryl methyl sites for hydroxylation is 1. The Bertz CT molecular complexity index is 1190. The second-order valence-corrected chi connectivity index (χ2v) is 10.0. The van der Waals surface area contributed by atoms with E-state index in [1.807, 2.05) is 55.5 Å². The summed E-state index contributed by atoms with van der Waals surface area (Å²) in [7, 11) is 0. The number of hydrogen-bond acceptors (Lipinski definition) is 6. The van der Waals surface area contributed by atoms with Crippen LogP contribution in [0, 0.1) is 12.8 Å². The smallest absolute Gasteiger partial charge is 0.247 e. The van der Waals surface area contributed by atoms with Gasteiger partial charge >= 0.3 is 0 Å². The summed E-state index contributed by atoms with van der Waals surface area (Å²) in [5.74, 6) is 0.141. The second-order valence-electron chi connectivity index (χ2n) is 10.0. The maximum Gasteiger partial charge on any atom is 0.247 e. The molecule has 1 fully saturated rings. The summed E-state index contributed by atoms with van der Waals surface area (Å²) in [6.07, 6.45) is 0.874. The van der Waals surface area contributed by atoms with E-state index in [1.54, 1.807) is 9.58 Å². The van der Waals surface area contributed by atoms with Gasteiger partial charge in [0.1, 0.15) is 18.1 Å². The molecule has 0 saturated carbocycles. The Morgan fingerprint density at radius 3 is 2.57 bits per heavy atom. The molecule has 0 spiro atoms. The average molecular weight is 507 g/mol. The molecule has 2 heterocycles. The van der Waals surface area contributed by atoms with Crippen molar-refractivity contribution in [3.63, 3.8) is 0 Å². The number of carbonyl (C=O) groups excluding carboxylic acids is 2. The molecule has 1 saturated heterocycles. The normalized spacial score (nSPS) is 15.1. The van der Waals surface area contributed by atoms with E-state index in [-0.39, 0.29) is 18.4 Å². The molecule has 4 rings (SSSR count). The van der Waals surface area contributed by atoms with Gasteiger partial charge in [0.2, 0.25) is 11.8 Å². The summed E-state index contributed by atoms with van der Waals surface area (Å²) in [6, 6.07) is 14.6. The quantitative estimate of drug-likeness (QED) is 0.430. The van der Waals surface area contributed by atoms with Crippen LogP contribution in [0.15, 0.2) is 48.5 Å². The van der Waals surface area contributed by atoms with E-state index < -0.39 is 6.04 Å². The molecule has 9 heteroatoms. The molecule has 9 nitrogen and oxygen atoms in total. The Hall–Kier alpha value is -3.30. The zero-order chi connectivity index (χ0) is 26.2. The maximum absolute atomic E-state index is 14.0. The molecule has 3 aromatic rings. The van der Waals surface area contributed by atoms with Crippen molar-refractivity contribution in [2.45, 2.75) is 39.8 Å². The molecule has 1 N–H and O–H groups in total. The van der Waals surface area contributed by atoms with Crippen LogP contribution in [0.3, 0.4) is 0 Å². The topological polar surface area (TPSA) is 92.6 Å². The van der Waals surface area contributed by atoms with E-state index in [4.69, 9.17) is 4.74 Å². The Morgan fingerprint density at radius 1 is 1.08 bits per heavy atom. The highest BCUT2D eigenvalue weighted by Gasteiger charge is 2.33. The molecular formula is C28H38N6O3. The summed E-state index contributed by atoms with van der Waals surface area (Å²) < 4.78 is 7.11. The van der Waals surface area contributed by atoms with Crippen molar-refractivity contribution in [3.8, 4) is 0 Å². The molecule has 0 aliphatic carbocycles. The van der Waals surface area contributed by atoms with E-state index in [0.717, 1.165) is 41.7 Å². The van der Waals surface area contributed by atoms with Crippen LogP contribution in [0.1, 0.15) is 37.4 Å². The standard InChI is InChI=1S/C28H38N6O3/c1-21(2)12-13-29-28(36)27(23-9-5-4-8-22(23)3)33(15-14-32-16-18-37-19-17-32)26(35)20-34-25-11-7-6-10-24(25)30-31-34/h4-11,21,27H,12-20H2,1-3H3,(H,29,36). The Morgan fingerprint density at radius 2 is 1.81 bits per heavy atom. The first-order chi connectivity index (χ1) is 17.9. The number of para-hydroxylation sites is 1. The van der Waals surface area contributed by atoms with Crippen LogP contribution < -0.4 is 5.32 Å². The van der Waals surface area contributed by atoms with Crippen molar-refractivity contribution in [3.05, 3.63) is 59.7 Å².